The van der Waals surface area contributed by atoms with E-state index < -0.39 is 11.6 Å². The summed E-state index contributed by atoms with van der Waals surface area (Å²) in [4.78, 5) is 6.64. The third-order valence-corrected chi connectivity index (χ3v) is 3.23. The average molecular weight is 286 g/mol. The second kappa shape index (κ2) is 5.01. The molecule has 0 spiro atoms. The summed E-state index contributed by atoms with van der Waals surface area (Å²) in [6.45, 7) is 1.93. The first kappa shape index (κ1) is 13.3. The lowest BCUT2D eigenvalue weighted by Gasteiger charge is -1.98. The third-order valence-electron chi connectivity index (χ3n) is 3.23. The summed E-state index contributed by atoms with van der Waals surface area (Å²) in [6.07, 6.45) is 1.25. The molecule has 1 aromatic heterocycles. The fourth-order valence-electron chi connectivity index (χ4n) is 2.19. The number of nitrogens with zero attached hydrogens (tertiary/aromatic N) is 1. The van der Waals surface area contributed by atoms with Gasteiger partial charge < -0.3 is 10.1 Å². The Kier molecular flexibility index (Phi) is 3.17. The van der Waals surface area contributed by atoms with E-state index in [4.69, 9.17) is 0 Å². The topological polar surface area (TPSA) is 48.4 Å². The van der Waals surface area contributed by atoms with Gasteiger partial charge in [0.25, 0.3) is 0 Å². The Morgan fingerprint density at radius 1 is 1.14 bits per heavy atom. The van der Waals surface area contributed by atoms with Crippen molar-refractivity contribution in [3.05, 3.63) is 59.2 Å². The molecule has 3 aromatic rings. The second-order valence-corrected chi connectivity index (χ2v) is 4.76. The summed E-state index contributed by atoms with van der Waals surface area (Å²) in [5, 5.41) is 10.6. The molecule has 0 aliphatic rings. The van der Waals surface area contributed by atoms with Crippen molar-refractivity contribution in [2.24, 2.45) is 4.99 Å². The van der Waals surface area contributed by atoms with Gasteiger partial charge in [-0.15, -0.1) is 0 Å². The van der Waals surface area contributed by atoms with Crippen molar-refractivity contribution >= 4 is 22.8 Å². The quantitative estimate of drug-likeness (QED) is 0.681. The summed E-state index contributed by atoms with van der Waals surface area (Å²) in [5.74, 6) is -1.58. The highest BCUT2D eigenvalue weighted by atomic mass is 19.1. The standard InChI is InChI=1S/C16H12F2N2O/c1-9-5-6-10-11(16(21)20-14(10)7-9)8-19-15-12(17)3-2-4-13(15)18/h2-8,20-21H,1H3. The molecule has 0 amide bonds. The number of fused-ring (bicyclic) bond motifs is 1. The SMILES string of the molecule is Cc1ccc2c(C=Nc3c(F)cccc3F)c(O)[nH]c2c1. The van der Waals surface area contributed by atoms with Gasteiger partial charge in [-0.2, -0.15) is 0 Å². The summed E-state index contributed by atoms with van der Waals surface area (Å²) >= 11 is 0. The lowest BCUT2D eigenvalue weighted by Crippen LogP contribution is -1.84. The molecule has 0 aliphatic carbocycles. The minimum absolute atomic E-state index is 0.0869. The Morgan fingerprint density at radius 2 is 1.86 bits per heavy atom. The van der Waals surface area contributed by atoms with E-state index in [1.165, 1.54) is 12.3 Å². The fourth-order valence-corrected chi connectivity index (χ4v) is 2.19. The van der Waals surface area contributed by atoms with Crippen molar-refractivity contribution in [2.75, 3.05) is 0 Å². The molecule has 3 rings (SSSR count). The number of nitrogens with one attached hydrogen (secondary N) is 1. The zero-order valence-corrected chi connectivity index (χ0v) is 11.2. The molecule has 0 fully saturated rings. The van der Waals surface area contributed by atoms with Crippen LogP contribution >= 0.6 is 0 Å². The van der Waals surface area contributed by atoms with Crippen molar-refractivity contribution in [3.8, 4) is 5.88 Å². The molecule has 0 aliphatic heterocycles. The molecule has 3 nitrogen and oxygen atoms in total. The van der Waals surface area contributed by atoms with E-state index in [9.17, 15) is 13.9 Å². The molecule has 2 N–H and O–H groups in total. The summed E-state index contributed by atoms with van der Waals surface area (Å²) < 4.78 is 27.0. The summed E-state index contributed by atoms with van der Waals surface area (Å²) in [5.41, 5.74) is 1.79. The van der Waals surface area contributed by atoms with Crippen LogP contribution in [0.25, 0.3) is 10.9 Å². The van der Waals surface area contributed by atoms with Crippen LogP contribution in [0.4, 0.5) is 14.5 Å². The number of hydrogen-bond donors (Lipinski definition) is 2. The number of benzene rings is 2. The highest BCUT2D eigenvalue weighted by Crippen LogP contribution is 2.28. The van der Waals surface area contributed by atoms with Crippen LogP contribution in [-0.4, -0.2) is 16.3 Å². The van der Waals surface area contributed by atoms with Crippen molar-refractivity contribution in [2.45, 2.75) is 6.92 Å². The van der Waals surface area contributed by atoms with E-state index in [-0.39, 0.29) is 11.6 Å². The van der Waals surface area contributed by atoms with Crippen LogP contribution in [0.3, 0.4) is 0 Å². The Morgan fingerprint density at radius 3 is 2.57 bits per heavy atom. The van der Waals surface area contributed by atoms with Crippen LogP contribution in [0.15, 0.2) is 41.4 Å². The molecule has 0 bridgehead atoms. The Balaban J connectivity index is 2.10. The van der Waals surface area contributed by atoms with E-state index in [1.807, 2.05) is 25.1 Å². The predicted octanol–water partition coefficient (Wildman–Crippen LogP) is 4.21. The first-order valence-corrected chi connectivity index (χ1v) is 6.35. The lowest BCUT2D eigenvalue weighted by atomic mass is 10.1. The van der Waals surface area contributed by atoms with Crippen LogP contribution in [0.1, 0.15) is 11.1 Å². The van der Waals surface area contributed by atoms with Gasteiger partial charge in [0, 0.05) is 17.1 Å². The highest BCUT2D eigenvalue weighted by Gasteiger charge is 2.10. The number of aromatic hydroxyl groups is 1. The minimum Gasteiger partial charge on any atom is -0.494 e. The molecule has 5 heteroatoms. The average Bonchev–Trinajstić information content (AvgIpc) is 2.73. The van der Waals surface area contributed by atoms with Gasteiger partial charge in [-0.1, -0.05) is 18.2 Å². The van der Waals surface area contributed by atoms with Gasteiger partial charge in [-0.25, -0.2) is 13.8 Å². The number of aromatic amines is 1. The predicted molar refractivity (Wildman–Crippen MR) is 78.3 cm³/mol. The van der Waals surface area contributed by atoms with Crippen LogP contribution in [0.2, 0.25) is 0 Å². The monoisotopic (exact) mass is 286 g/mol. The van der Waals surface area contributed by atoms with E-state index in [2.05, 4.69) is 9.98 Å². The Hall–Kier alpha value is -2.69. The maximum atomic E-state index is 13.5. The largest absolute Gasteiger partial charge is 0.494 e. The first-order valence-electron chi connectivity index (χ1n) is 6.35. The van der Waals surface area contributed by atoms with E-state index in [0.717, 1.165) is 28.6 Å². The van der Waals surface area contributed by atoms with E-state index in [0.29, 0.717) is 5.56 Å². The molecule has 0 saturated carbocycles. The number of halogens is 2. The smallest absolute Gasteiger partial charge is 0.198 e. The highest BCUT2D eigenvalue weighted by molar-refractivity contribution is 6.02. The molecule has 2 aromatic carbocycles. The van der Waals surface area contributed by atoms with Gasteiger partial charge in [0.2, 0.25) is 0 Å². The number of H-pyrrole nitrogens is 1. The number of aromatic nitrogens is 1. The summed E-state index contributed by atoms with van der Waals surface area (Å²) in [7, 11) is 0. The van der Waals surface area contributed by atoms with E-state index >= 15 is 0 Å². The second-order valence-electron chi connectivity index (χ2n) is 4.76. The van der Waals surface area contributed by atoms with E-state index in [1.54, 1.807) is 0 Å². The molecule has 0 saturated heterocycles. The van der Waals surface area contributed by atoms with Gasteiger partial charge in [-0.3, -0.25) is 0 Å². The normalized spacial score (nSPS) is 11.6. The molecule has 21 heavy (non-hydrogen) atoms. The fraction of sp³-hybridized carbons (Fsp3) is 0.0625. The number of hydrogen-bond acceptors (Lipinski definition) is 2. The van der Waals surface area contributed by atoms with Gasteiger partial charge in [-0.05, 0) is 30.7 Å². The van der Waals surface area contributed by atoms with Gasteiger partial charge in [0.05, 0.1) is 5.56 Å². The van der Waals surface area contributed by atoms with Crippen LogP contribution in [0.5, 0.6) is 5.88 Å². The maximum absolute atomic E-state index is 13.5. The van der Waals surface area contributed by atoms with Crippen molar-refractivity contribution in [1.29, 1.82) is 0 Å². The number of aliphatic imine (C=N–C) groups is 1. The van der Waals surface area contributed by atoms with Gasteiger partial charge in [0.1, 0.15) is 5.69 Å². The van der Waals surface area contributed by atoms with Crippen molar-refractivity contribution in [1.82, 2.24) is 4.98 Å². The van der Waals surface area contributed by atoms with Crippen molar-refractivity contribution < 1.29 is 13.9 Å². The Labute approximate surface area is 119 Å². The number of para-hydroxylation sites is 1. The van der Waals surface area contributed by atoms with Crippen LogP contribution < -0.4 is 0 Å². The maximum Gasteiger partial charge on any atom is 0.198 e. The van der Waals surface area contributed by atoms with Gasteiger partial charge >= 0.3 is 0 Å². The zero-order valence-electron chi connectivity index (χ0n) is 11.2. The molecule has 0 radical (unpaired) electrons. The van der Waals surface area contributed by atoms with Gasteiger partial charge in [0.15, 0.2) is 17.5 Å². The number of aryl methyl sites for hydroxylation is 1. The molecule has 0 unspecified atom stereocenters. The van der Waals surface area contributed by atoms with Crippen LogP contribution in [0, 0.1) is 18.6 Å². The first-order chi connectivity index (χ1) is 10.1. The molecular formula is C16H12F2N2O. The number of rotatable bonds is 2. The molecule has 0 atom stereocenters. The Bertz CT molecular complexity index is 833. The molecule has 1 heterocycles. The lowest BCUT2D eigenvalue weighted by molar-refractivity contribution is 0.457. The zero-order chi connectivity index (χ0) is 15.0. The molecule has 106 valence electrons. The van der Waals surface area contributed by atoms with Crippen LogP contribution in [-0.2, 0) is 0 Å². The minimum atomic E-state index is -0.749. The van der Waals surface area contributed by atoms with Crippen molar-refractivity contribution in [3.63, 3.8) is 0 Å². The third kappa shape index (κ3) is 2.38. The molecular weight excluding hydrogens is 274 g/mol. The summed E-state index contributed by atoms with van der Waals surface area (Å²) in [6, 6.07) is 9.12.